The summed E-state index contributed by atoms with van der Waals surface area (Å²) in [6.07, 6.45) is 1.06. The fraction of sp³-hybridized carbons (Fsp3) is 0.750. The van der Waals surface area contributed by atoms with Crippen LogP contribution in [0.1, 0.15) is 24.6 Å². The Balaban J connectivity index is 2.06. The Labute approximate surface area is 113 Å². The number of rotatable bonds is 2. The van der Waals surface area contributed by atoms with Crippen LogP contribution in [0.4, 0.5) is 0 Å². The third kappa shape index (κ3) is 2.78. The van der Waals surface area contributed by atoms with Crippen molar-refractivity contribution in [2.24, 2.45) is 13.0 Å². The molecule has 1 aromatic heterocycles. The standard InChI is InChI=1S/C12H19Cl2N3/c1-8-6-17(5-4-11(8)13)7-10-9(2)15-16(3)12(10)14/h8,11H,4-7H2,1-3H3. The van der Waals surface area contributed by atoms with Gasteiger partial charge in [-0.2, -0.15) is 5.10 Å². The molecule has 0 aliphatic carbocycles. The van der Waals surface area contributed by atoms with Gasteiger partial charge in [0.05, 0.1) is 5.69 Å². The van der Waals surface area contributed by atoms with Gasteiger partial charge in [-0.15, -0.1) is 11.6 Å². The molecule has 96 valence electrons. The molecule has 0 saturated carbocycles. The zero-order valence-corrected chi connectivity index (χ0v) is 12.1. The first-order chi connectivity index (χ1) is 7.99. The normalized spacial score (nSPS) is 26.4. The summed E-state index contributed by atoms with van der Waals surface area (Å²) in [6, 6.07) is 0. The highest BCUT2D eigenvalue weighted by Gasteiger charge is 2.25. The van der Waals surface area contributed by atoms with E-state index in [1.54, 1.807) is 4.68 Å². The molecule has 0 aromatic carbocycles. The van der Waals surface area contributed by atoms with E-state index in [0.717, 1.165) is 42.5 Å². The van der Waals surface area contributed by atoms with Gasteiger partial charge in [0.15, 0.2) is 0 Å². The molecule has 0 radical (unpaired) electrons. The Hall–Kier alpha value is -0.250. The van der Waals surface area contributed by atoms with Gasteiger partial charge >= 0.3 is 0 Å². The second-order valence-corrected chi connectivity index (χ2v) is 5.91. The number of likely N-dealkylation sites (tertiary alicyclic amines) is 1. The molecule has 5 heteroatoms. The van der Waals surface area contributed by atoms with Crippen molar-refractivity contribution >= 4 is 23.2 Å². The van der Waals surface area contributed by atoms with Gasteiger partial charge in [-0.1, -0.05) is 18.5 Å². The van der Waals surface area contributed by atoms with Crippen LogP contribution in [0, 0.1) is 12.8 Å². The lowest BCUT2D eigenvalue weighted by Crippen LogP contribution is -2.39. The van der Waals surface area contributed by atoms with Gasteiger partial charge in [-0.25, -0.2) is 0 Å². The molecule has 2 unspecified atom stereocenters. The average molecular weight is 276 g/mol. The zero-order valence-electron chi connectivity index (χ0n) is 10.6. The number of hydrogen-bond donors (Lipinski definition) is 0. The summed E-state index contributed by atoms with van der Waals surface area (Å²) in [5.41, 5.74) is 2.17. The van der Waals surface area contributed by atoms with Crippen LogP contribution in [0.25, 0.3) is 0 Å². The van der Waals surface area contributed by atoms with Crippen LogP contribution in [-0.2, 0) is 13.6 Å². The fourth-order valence-electron chi connectivity index (χ4n) is 2.42. The molecule has 2 heterocycles. The number of halogens is 2. The van der Waals surface area contributed by atoms with Crippen molar-refractivity contribution in [2.75, 3.05) is 13.1 Å². The number of alkyl halides is 1. The predicted molar refractivity (Wildman–Crippen MR) is 71.7 cm³/mol. The molecule has 1 saturated heterocycles. The second-order valence-electron chi connectivity index (χ2n) is 5.00. The number of aryl methyl sites for hydroxylation is 2. The maximum absolute atomic E-state index is 6.25. The Bertz CT molecular complexity index is 403. The quantitative estimate of drug-likeness (QED) is 0.774. The van der Waals surface area contributed by atoms with E-state index in [9.17, 15) is 0 Å². The summed E-state index contributed by atoms with van der Waals surface area (Å²) in [7, 11) is 1.88. The van der Waals surface area contributed by atoms with Crippen molar-refractivity contribution in [3.63, 3.8) is 0 Å². The maximum Gasteiger partial charge on any atom is 0.131 e. The van der Waals surface area contributed by atoms with Crippen molar-refractivity contribution in [1.29, 1.82) is 0 Å². The van der Waals surface area contributed by atoms with Gasteiger partial charge < -0.3 is 0 Å². The summed E-state index contributed by atoms with van der Waals surface area (Å²) < 4.78 is 1.74. The highest BCUT2D eigenvalue weighted by atomic mass is 35.5. The van der Waals surface area contributed by atoms with Gasteiger partial charge in [0.25, 0.3) is 0 Å². The van der Waals surface area contributed by atoms with E-state index in [1.807, 2.05) is 14.0 Å². The summed E-state index contributed by atoms with van der Waals surface area (Å²) in [4.78, 5) is 2.42. The molecular formula is C12H19Cl2N3. The van der Waals surface area contributed by atoms with Crippen molar-refractivity contribution in [3.8, 4) is 0 Å². The summed E-state index contributed by atoms with van der Waals surface area (Å²) in [5, 5.41) is 5.41. The Morgan fingerprint density at radius 1 is 1.47 bits per heavy atom. The smallest absolute Gasteiger partial charge is 0.131 e. The van der Waals surface area contributed by atoms with Crippen molar-refractivity contribution in [1.82, 2.24) is 14.7 Å². The topological polar surface area (TPSA) is 21.1 Å². The Morgan fingerprint density at radius 2 is 2.18 bits per heavy atom. The number of hydrogen-bond acceptors (Lipinski definition) is 2. The molecule has 2 rings (SSSR count). The summed E-state index contributed by atoms with van der Waals surface area (Å²) in [6.45, 7) is 7.19. The van der Waals surface area contributed by atoms with Gasteiger partial charge in [-0.3, -0.25) is 9.58 Å². The van der Waals surface area contributed by atoms with E-state index in [1.165, 1.54) is 0 Å². The highest BCUT2D eigenvalue weighted by Crippen LogP contribution is 2.26. The van der Waals surface area contributed by atoms with Crippen molar-refractivity contribution in [2.45, 2.75) is 32.2 Å². The van der Waals surface area contributed by atoms with Crippen LogP contribution in [-0.4, -0.2) is 33.1 Å². The number of aromatic nitrogens is 2. The number of piperidine rings is 1. The average Bonchev–Trinajstić information content (AvgIpc) is 2.50. The molecule has 3 nitrogen and oxygen atoms in total. The van der Waals surface area contributed by atoms with Gasteiger partial charge in [0.1, 0.15) is 5.15 Å². The van der Waals surface area contributed by atoms with E-state index < -0.39 is 0 Å². The van der Waals surface area contributed by atoms with Crippen LogP contribution in [0.15, 0.2) is 0 Å². The van der Waals surface area contributed by atoms with Crippen LogP contribution in [0.3, 0.4) is 0 Å². The second kappa shape index (κ2) is 5.17. The third-order valence-corrected chi connectivity index (χ3v) is 4.66. The molecule has 1 aromatic rings. The van der Waals surface area contributed by atoms with Crippen LogP contribution < -0.4 is 0 Å². The predicted octanol–water partition coefficient (Wildman–Crippen LogP) is 2.83. The first kappa shape index (κ1) is 13.2. The van der Waals surface area contributed by atoms with Gasteiger partial charge in [-0.05, 0) is 25.8 Å². The van der Waals surface area contributed by atoms with E-state index in [-0.39, 0.29) is 0 Å². The Kier molecular flexibility index (Phi) is 4.01. The fourth-order valence-corrected chi connectivity index (χ4v) is 2.84. The van der Waals surface area contributed by atoms with Crippen molar-refractivity contribution < 1.29 is 0 Å². The zero-order chi connectivity index (χ0) is 12.6. The molecule has 0 bridgehead atoms. The molecule has 0 spiro atoms. The first-order valence-corrected chi connectivity index (χ1v) is 6.85. The summed E-state index contributed by atoms with van der Waals surface area (Å²) >= 11 is 12.5. The lowest BCUT2D eigenvalue weighted by Gasteiger charge is -2.34. The van der Waals surface area contributed by atoms with Gasteiger partial charge in [0, 0.05) is 31.1 Å². The first-order valence-electron chi connectivity index (χ1n) is 6.03. The minimum atomic E-state index is 0.316. The molecule has 1 fully saturated rings. The van der Waals surface area contributed by atoms with E-state index in [2.05, 4.69) is 16.9 Å². The minimum absolute atomic E-state index is 0.316. The van der Waals surface area contributed by atoms with Crippen LogP contribution in [0.5, 0.6) is 0 Å². The summed E-state index contributed by atoms with van der Waals surface area (Å²) in [5.74, 6) is 0.543. The third-order valence-electron chi connectivity index (χ3n) is 3.54. The lowest BCUT2D eigenvalue weighted by atomic mass is 9.99. The molecule has 2 atom stereocenters. The van der Waals surface area contributed by atoms with E-state index >= 15 is 0 Å². The van der Waals surface area contributed by atoms with Crippen LogP contribution >= 0.6 is 23.2 Å². The lowest BCUT2D eigenvalue weighted by molar-refractivity contribution is 0.179. The molecule has 1 aliphatic rings. The van der Waals surface area contributed by atoms with Crippen LogP contribution in [0.2, 0.25) is 5.15 Å². The largest absolute Gasteiger partial charge is 0.299 e. The maximum atomic E-state index is 6.25. The molecular weight excluding hydrogens is 257 g/mol. The van der Waals surface area contributed by atoms with Gasteiger partial charge in [0.2, 0.25) is 0 Å². The number of nitrogens with zero attached hydrogens (tertiary/aromatic N) is 3. The molecule has 0 amide bonds. The minimum Gasteiger partial charge on any atom is -0.299 e. The monoisotopic (exact) mass is 275 g/mol. The van der Waals surface area contributed by atoms with Crippen molar-refractivity contribution in [3.05, 3.63) is 16.4 Å². The molecule has 17 heavy (non-hydrogen) atoms. The SMILES string of the molecule is Cc1nn(C)c(Cl)c1CN1CCC(Cl)C(C)C1. The van der Waals surface area contributed by atoms with E-state index in [0.29, 0.717) is 11.3 Å². The van der Waals surface area contributed by atoms with E-state index in [4.69, 9.17) is 23.2 Å². The molecule has 1 aliphatic heterocycles. The highest BCUT2D eigenvalue weighted by molar-refractivity contribution is 6.30. The Morgan fingerprint density at radius 3 is 2.71 bits per heavy atom. The molecule has 0 N–H and O–H groups in total.